The average Bonchev–Trinajstić information content (AvgIpc) is 2.73. The Labute approximate surface area is 185 Å². The van der Waals surface area contributed by atoms with Gasteiger partial charge in [0, 0.05) is 5.54 Å². The van der Waals surface area contributed by atoms with Crippen LogP contribution in [0.25, 0.3) is 0 Å². The Kier molecular flexibility index (Phi) is 20.7. The Morgan fingerprint density at radius 2 is 1.00 bits per heavy atom. The van der Waals surface area contributed by atoms with E-state index in [1.54, 1.807) is 0 Å². The third kappa shape index (κ3) is 16.1. The van der Waals surface area contributed by atoms with Gasteiger partial charge in [-0.1, -0.05) is 136 Å². The van der Waals surface area contributed by atoms with Gasteiger partial charge in [-0.05, 0) is 31.6 Å². The molecule has 0 aromatic heterocycles. The maximum Gasteiger partial charge on any atom is 0.0185 e. The highest BCUT2D eigenvalue weighted by Gasteiger charge is 2.32. The van der Waals surface area contributed by atoms with E-state index in [1.165, 1.54) is 128 Å². The second-order valence-corrected chi connectivity index (χ2v) is 9.69. The van der Waals surface area contributed by atoms with E-state index >= 15 is 0 Å². The maximum absolute atomic E-state index is 7.00. The number of hydrogen-bond donors (Lipinski definition) is 1. The molecule has 0 aromatic carbocycles. The first kappa shape index (κ1) is 28.7. The average molecular weight is 408 g/mol. The lowest BCUT2D eigenvalue weighted by Crippen LogP contribution is -2.47. The lowest BCUT2D eigenvalue weighted by atomic mass is 9.73. The van der Waals surface area contributed by atoms with Crippen molar-refractivity contribution in [2.24, 2.45) is 11.7 Å². The van der Waals surface area contributed by atoms with Crippen LogP contribution in [-0.2, 0) is 0 Å². The molecule has 0 aromatic rings. The molecule has 0 aliphatic rings. The molecule has 1 unspecified atom stereocenters. The fourth-order valence-electron chi connectivity index (χ4n) is 4.79. The predicted molar refractivity (Wildman–Crippen MR) is 135 cm³/mol. The van der Waals surface area contributed by atoms with Crippen LogP contribution in [0.15, 0.2) is 12.7 Å². The zero-order valence-electron chi connectivity index (χ0n) is 20.8. The number of unbranched alkanes of at least 4 members (excludes halogenated alkanes) is 14. The van der Waals surface area contributed by atoms with Gasteiger partial charge in [-0.25, -0.2) is 0 Å². The number of nitrogens with two attached hydrogens (primary N) is 1. The zero-order chi connectivity index (χ0) is 21.6. The molecule has 0 rings (SSSR count). The molecule has 0 heterocycles. The predicted octanol–water partition coefficient (Wildman–Crippen LogP) is 9.74. The quantitative estimate of drug-likeness (QED) is 0.132. The van der Waals surface area contributed by atoms with E-state index in [4.69, 9.17) is 5.73 Å². The van der Waals surface area contributed by atoms with E-state index in [9.17, 15) is 0 Å². The first-order valence-electron chi connectivity index (χ1n) is 13.5. The molecule has 0 fully saturated rings. The Morgan fingerprint density at radius 3 is 1.38 bits per heavy atom. The molecule has 2 N–H and O–H groups in total. The van der Waals surface area contributed by atoms with E-state index in [-0.39, 0.29) is 5.54 Å². The van der Waals surface area contributed by atoms with Crippen LogP contribution in [0.5, 0.6) is 0 Å². The fraction of sp³-hybridized carbons (Fsp3) is 0.929. The van der Waals surface area contributed by atoms with Crippen LogP contribution < -0.4 is 5.73 Å². The molecular weight excluding hydrogens is 350 g/mol. The third-order valence-corrected chi connectivity index (χ3v) is 6.91. The third-order valence-electron chi connectivity index (χ3n) is 6.91. The highest BCUT2D eigenvalue weighted by atomic mass is 14.8. The second kappa shape index (κ2) is 21.0. The van der Waals surface area contributed by atoms with Crippen LogP contribution in [0.4, 0.5) is 0 Å². The van der Waals surface area contributed by atoms with Crippen LogP contribution in [0, 0.1) is 5.92 Å². The van der Waals surface area contributed by atoms with E-state index in [2.05, 4.69) is 33.4 Å². The number of hydrogen-bond acceptors (Lipinski definition) is 1. The number of allylic oxidation sites excluding steroid dienone is 1. The van der Waals surface area contributed by atoms with E-state index in [0.717, 1.165) is 6.42 Å². The molecule has 0 saturated heterocycles. The Hall–Kier alpha value is -0.300. The highest BCUT2D eigenvalue weighted by molar-refractivity contribution is 4.94. The van der Waals surface area contributed by atoms with Crippen molar-refractivity contribution in [1.82, 2.24) is 0 Å². The molecule has 29 heavy (non-hydrogen) atoms. The minimum absolute atomic E-state index is 0.0390. The molecule has 0 aliphatic heterocycles. The molecule has 0 amide bonds. The molecule has 1 heteroatoms. The van der Waals surface area contributed by atoms with Gasteiger partial charge in [0.25, 0.3) is 0 Å². The van der Waals surface area contributed by atoms with Crippen LogP contribution in [0.1, 0.15) is 156 Å². The summed E-state index contributed by atoms with van der Waals surface area (Å²) in [4.78, 5) is 0. The summed E-state index contributed by atoms with van der Waals surface area (Å²) in [6.45, 7) is 10.9. The summed E-state index contributed by atoms with van der Waals surface area (Å²) in [5.74, 6) is 0.630. The molecule has 1 atom stereocenters. The van der Waals surface area contributed by atoms with Crippen molar-refractivity contribution in [3.8, 4) is 0 Å². The zero-order valence-corrected chi connectivity index (χ0v) is 20.8. The minimum Gasteiger partial charge on any atom is -0.325 e. The Bertz CT molecular complexity index is 327. The lowest BCUT2D eigenvalue weighted by Gasteiger charge is -2.38. The van der Waals surface area contributed by atoms with Crippen LogP contribution in [-0.4, -0.2) is 5.54 Å². The minimum atomic E-state index is 0.0390. The second-order valence-electron chi connectivity index (χ2n) is 9.69. The normalized spacial score (nSPS) is 13.0. The largest absolute Gasteiger partial charge is 0.325 e. The SMILES string of the molecule is C=CCC(CCCCCCCCCCCCCCC)C(N)(CCCC)CCCC. The lowest BCUT2D eigenvalue weighted by molar-refractivity contribution is 0.208. The topological polar surface area (TPSA) is 26.0 Å². The molecule has 0 spiro atoms. The van der Waals surface area contributed by atoms with Gasteiger partial charge in [-0.3, -0.25) is 0 Å². The van der Waals surface area contributed by atoms with Crippen molar-refractivity contribution in [2.75, 3.05) is 0 Å². The Morgan fingerprint density at radius 1 is 0.621 bits per heavy atom. The van der Waals surface area contributed by atoms with E-state index in [0.29, 0.717) is 5.92 Å². The summed E-state index contributed by atoms with van der Waals surface area (Å²) in [7, 11) is 0. The van der Waals surface area contributed by atoms with Crippen LogP contribution >= 0.6 is 0 Å². The monoisotopic (exact) mass is 407 g/mol. The van der Waals surface area contributed by atoms with Gasteiger partial charge in [0.15, 0.2) is 0 Å². The van der Waals surface area contributed by atoms with Crippen molar-refractivity contribution in [1.29, 1.82) is 0 Å². The molecular formula is C28H57N. The van der Waals surface area contributed by atoms with Crippen molar-refractivity contribution in [3.63, 3.8) is 0 Å². The molecule has 0 bridgehead atoms. The number of rotatable bonds is 23. The summed E-state index contributed by atoms with van der Waals surface area (Å²) in [6.07, 6.45) is 30.5. The van der Waals surface area contributed by atoms with Crippen molar-refractivity contribution >= 4 is 0 Å². The first-order chi connectivity index (χ1) is 14.1. The van der Waals surface area contributed by atoms with Crippen LogP contribution in [0.2, 0.25) is 0 Å². The van der Waals surface area contributed by atoms with Gasteiger partial charge in [0.2, 0.25) is 0 Å². The van der Waals surface area contributed by atoms with Gasteiger partial charge in [0.05, 0.1) is 0 Å². The molecule has 0 radical (unpaired) electrons. The summed E-state index contributed by atoms with van der Waals surface area (Å²) < 4.78 is 0. The Balaban J connectivity index is 3.93. The maximum atomic E-state index is 7.00. The summed E-state index contributed by atoms with van der Waals surface area (Å²) in [6, 6.07) is 0. The van der Waals surface area contributed by atoms with Gasteiger partial charge in [0.1, 0.15) is 0 Å². The van der Waals surface area contributed by atoms with Gasteiger partial charge < -0.3 is 5.73 Å². The fourth-order valence-corrected chi connectivity index (χ4v) is 4.79. The summed E-state index contributed by atoms with van der Waals surface area (Å²) in [5.41, 5.74) is 7.04. The highest BCUT2D eigenvalue weighted by Crippen LogP contribution is 2.33. The molecule has 1 nitrogen and oxygen atoms in total. The van der Waals surface area contributed by atoms with Gasteiger partial charge in [-0.15, -0.1) is 6.58 Å². The summed E-state index contributed by atoms with van der Waals surface area (Å²) in [5, 5.41) is 0. The smallest absolute Gasteiger partial charge is 0.0185 e. The van der Waals surface area contributed by atoms with E-state index < -0.39 is 0 Å². The van der Waals surface area contributed by atoms with Gasteiger partial charge >= 0.3 is 0 Å². The standard InChI is InChI=1S/C28H57N/c1-5-9-12-13-14-15-16-17-18-19-20-21-22-24-27(23-8-4)28(29,25-10-6-2)26-11-7-3/h8,27H,4-7,9-26,29H2,1-3H3. The van der Waals surface area contributed by atoms with Crippen molar-refractivity contribution in [2.45, 2.75) is 161 Å². The molecule has 0 aliphatic carbocycles. The van der Waals surface area contributed by atoms with Crippen molar-refractivity contribution < 1.29 is 0 Å². The first-order valence-corrected chi connectivity index (χ1v) is 13.5. The summed E-state index contributed by atoms with van der Waals surface area (Å²) >= 11 is 0. The molecule has 174 valence electrons. The van der Waals surface area contributed by atoms with E-state index in [1.807, 2.05) is 0 Å². The molecule has 0 saturated carbocycles. The van der Waals surface area contributed by atoms with Crippen molar-refractivity contribution in [3.05, 3.63) is 12.7 Å². The van der Waals surface area contributed by atoms with Crippen LogP contribution in [0.3, 0.4) is 0 Å². The van der Waals surface area contributed by atoms with Gasteiger partial charge in [-0.2, -0.15) is 0 Å².